The minimum Gasteiger partial charge on any atom is -0.377 e. The van der Waals surface area contributed by atoms with Gasteiger partial charge in [-0.1, -0.05) is 0 Å². The van der Waals surface area contributed by atoms with E-state index < -0.39 is 11.6 Å². The molecule has 0 N–H and O–H groups in total. The van der Waals surface area contributed by atoms with Crippen molar-refractivity contribution in [2.75, 3.05) is 19.7 Å². The van der Waals surface area contributed by atoms with E-state index in [2.05, 4.69) is 5.10 Å². The first kappa shape index (κ1) is 18.1. The molecule has 1 aliphatic heterocycles. The van der Waals surface area contributed by atoms with E-state index in [0.29, 0.717) is 31.1 Å². The van der Waals surface area contributed by atoms with Gasteiger partial charge in [-0.3, -0.25) is 4.79 Å². The van der Waals surface area contributed by atoms with Gasteiger partial charge in [-0.15, -0.1) is 0 Å². The summed E-state index contributed by atoms with van der Waals surface area (Å²) in [6, 6.07) is 3.71. The van der Waals surface area contributed by atoms with Crippen LogP contribution in [0.2, 0.25) is 0 Å². The monoisotopic (exact) mass is 375 g/mol. The molecule has 144 valence electrons. The molecule has 1 aromatic carbocycles. The van der Waals surface area contributed by atoms with Crippen molar-refractivity contribution < 1.29 is 18.3 Å². The maximum atomic E-state index is 13.7. The lowest BCUT2D eigenvalue weighted by molar-refractivity contribution is 0.00698. The van der Waals surface area contributed by atoms with Gasteiger partial charge in [0, 0.05) is 37.0 Å². The van der Waals surface area contributed by atoms with E-state index in [1.54, 1.807) is 9.58 Å². The van der Waals surface area contributed by atoms with Gasteiger partial charge in [0.25, 0.3) is 5.91 Å². The molecule has 2 heterocycles. The Labute approximate surface area is 156 Å². The summed E-state index contributed by atoms with van der Waals surface area (Å²) in [4.78, 5) is 14.9. The smallest absolute Gasteiger partial charge is 0.274 e. The number of piperidine rings is 1. The van der Waals surface area contributed by atoms with E-state index in [1.807, 2.05) is 6.92 Å². The molecular formula is C20H23F2N3O2. The molecular weight excluding hydrogens is 352 g/mol. The standard InChI is InChI=1S/C20H23F2N3O2/c1-2-27-14-5-4-10-24(12-14)20(26)19-15-6-3-7-18(15)25(23-19)13-8-9-16(21)17(22)11-13/h8-9,11,14H,2-7,10,12H2,1H3. The van der Waals surface area contributed by atoms with Crippen molar-refractivity contribution in [2.24, 2.45) is 0 Å². The number of halogens is 2. The summed E-state index contributed by atoms with van der Waals surface area (Å²) in [7, 11) is 0. The molecule has 1 aromatic heterocycles. The molecule has 1 amide bonds. The molecule has 5 nitrogen and oxygen atoms in total. The van der Waals surface area contributed by atoms with Crippen LogP contribution in [0.25, 0.3) is 5.69 Å². The van der Waals surface area contributed by atoms with Crippen LogP contribution in [0.4, 0.5) is 8.78 Å². The number of rotatable bonds is 4. The molecule has 7 heteroatoms. The number of nitrogens with zero attached hydrogens (tertiary/aromatic N) is 3. The maximum Gasteiger partial charge on any atom is 0.274 e. The number of ether oxygens (including phenoxy) is 1. The molecule has 2 aromatic rings. The molecule has 2 aliphatic rings. The third-order valence-electron chi connectivity index (χ3n) is 5.35. The molecule has 0 bridgehead atoms. The van der Waals surface area contributed by atoms with Crippen LogP contribution >= 0.6 is 0 Å². The number of aromatic nitrogens is 2. The van der Waals surface area contributed by atoms with E-state index in [-0.39, 0.29) is 12.0 Å². The maximum absolute atomic E-state index is 13.7. The highest BCUT2D eigenvalue weighted by Gasteiger charge is 2.32. The molecule has 0 radical (unpaired) electrons. The van der Waals surface area contributed by atoms with Crippen molar-refractivity contribution >= 4 is 5.91 Å². The fourth-order valence-corrected chi connectivity index (χ4v) is 4.08. The highest BCUT2D eigenvalue weighted by atomic mass is 19.2. The Kier molecular flexibility index (Phi) is 4.95. The van der Waals surface area contributed by atoms with Gasteiger partial charge >= 0.3 is 0 Å². The summed E-state index contributed by atoms with van der Waals surface area (Å²) in [6.07, 6.45) is 4.41. The molecule has 4 rings (SSSR count). The summed E-state index contributed by atoms with van der Waals surface area (Å²) < 4.78 is 34.3. The van der Waals surface area contributed by atoms with Crippen molar-refractivity contribution in [1.29, 1.82) is 0 Å². The van der Waals surface area contributed by atoms with Crippen LogP contribution in [0, 0.1) is 11.6 Å². The first-order valence-electron chi connectivity index (χ1n) is 9.55. The lowest BCUT2D eigenvalue weighted by Gasteiger charge is -2.32. The largest absolute Gasteiger partial charge is 0.377 e. The van der Waals surface area contributed by atoms with Crippen molar-refractivity contribution in [3.05, 3.63) is 46.8 Å². The second kappa shape index (κ2) is 7.38. The predicted molar refractivity (Wildman–Crippen MR) is 96.1 cm³/mol. The number of carbonyl (C=O) groups is 1. The molecule has 1 aliphatic carbocycles. The van der Waals surface area contributed by atoms with Gasteiger partial charge in [-0.25, -0.2) is 13.5 Å². The fourth-order valence-electron chi connectivity index (χ4n) is 4.08. The van der Waals surface area contributed by atoms with Crippen LogP contribution in [0.15, 0.2) is 18.2 Å². The lowest BCUT2D eigenvalue weighted by Crippen LogP contribution is -2.43. The van der Waals surface area contributed by atoms with Gasteiger partial charge in [0.1, 0.15) is 0 Å². The average molecular weight is 375 g/mol. The van der Waals surface area contributed by atoms with Crippen LogP contribution in [-0.4, -0.2) is 46.4 Å². The van der Waals surface area contributed by atoms with E-state index in [4.69, 9.17) is 4.74 Å². The Hall–Kier alpha value is -2.28. The zero-order valence-corrected chi connectivity index (χ0v) is 15.4. The van der Waals surface area contributed by atoms with Gasteiger partial charge in [0.2, 0.25) is 0 Å². The van der Waals surface area contributed by atoms with Crippen LogP contribution in [-0.2, 0) is 17.6 Å². The molecule has 1 atom stereocenters. The molecule has 27 heavy (non-hydrogen) atoms. The molecule has 1 saturated heterocycles. The zero-order chi connectivity index (χ0) is 19.0. The number of carbonyl (C=O) groups excluding carboxylic acids is 1. The van der Waals surface area contributed by atoms with Crippen molar-refractivity contribution in [2.45, 2.75) is 45.1 Å². The second-order valence-corrected chi connectivity index (χ2v) is 7.11. The number of benzene rings is 1. The Morgan fingerprint density at radius 1 is 1.26 bits per heavy atom. The molecule has 0 spiro atoms. The van der Waals surface area contributed by atoms with Crippen LogP contribution in [0.3, 0.4) is 0 Å². The topological polar surface area (TPSA) is 47.4 Å². The van der Waals surface area contributed by atoms with Crippen LogP contribution < -0.4 is 0 Å². The van der Waals surface area contributed by atoms with Gasteiger partial charge in [0.15, 0.2) is 17.3 Å². The first-order valence-corrected chi connectivity index (χ1v) is 9.55. The van der Waals surface area contributed by atoms with Gasteiger partial charge in [-0.05, 0) is 51.2 Å². The third kappa shape index (κ3) is 3.36. The SMILES string of the molecule is CCOC1CCCN(C(=O)c2nn(-c3ccc(F)c(F)c3)c3c2CCC3)C1. The summed E-state index contributed by atoms with van der Waals surface area (Å²) in [5.41, 5.74) is 2.73. The lowest BCUT2D eigenvalue weighted by atomic mass is 10.1. The van der Waals surface area contributed by atoms with Crippen molar-refractivity contribution in [3.8, 4) is 5.69 Å². The predicted octanol–water partition coefficient (Wildman–Crippen LogP) is 3.28. The van der Waals surface area contributed by atoms with Crippen LogP contribution in [0.1, 0.15) is 47.9 Å². The number of hydrogen-bond acceptors (Lipinski definition) is 3. The number of amides is 1. The highest BCUT2D eigenvalue weighted by Crippen LogP contribution is 2.29. The first-order chi connectivity index (χ1) is 13.1. The van der Waals surface area contributed by atoms with Crippen molar-refractivity contribution in [3.63, 3.8) is 0 Å². The Balaban J connectivity index is 1.66. The van der Waals surface area contributed by atoms with E-state index in [9.17, 15) is 13.6 Å². The van der Waals surface area contributed by atoms with Gasteiger partial charge in [-0.2, -0.15) is 5.10 Å². The summed E-state index contributed by atoms with van der Waals surface area (Å²) in [5.74, 6) is -1.91. The minimum atomic E-state index is -0.918. The molecule has 0 saturated carbocycles. The second-order valence-electron chi connectivity index (χ2n) is 7.11. The quantitative estimate of drug-likeness (QED) is 0.824. The Morgan fingerprint density at radius 3 is 2.89 bits per heavy atom. The summed E-state index contributed by atoms with van der Waals surface area (Å²) >= 11 is 0. The van der Waals surface area contributed by atoms with Gasteiger partial charge in [0.05, 0.1) is 11.8 Å². The number of fused-ring (bicyclic) bond motifs is 1. The molecule has 1 unspecified atom stereocenters. The number of likely N-dealkylation sites (tertiary alicyclic amines) is 1. The van der Waals surface area contributed by atoms with E-state index >= 15 is 0 Å². The Morgan fingerprint density at radius 2 is 2.11 bits per heavy atom. The van der Waals surface area contributed by atoms with E-state index in [1.165, 1.54) is 6.07 Å². The average Bonchev–Trinajstić information content (AvgIpc) is 3.27. The minimum absolute atomic E-state index is 0.0639. The fraction of sp³-hybridized carbons (Fsp3) is 0.500. The number of hydrogen-bond donors (Lipinski definition) is 0. The molecule has 1 fully saturated rings. The Bertz CT molecular complexity index is 863. The van der Waals surface area contributed by atoms with Crippen LogP contribution in [0.5, 0.6) is 0 Å². The highest BCUT2D eigenvalue weighted by molar-refractivity contribution is 5.94. The normalized spacial score (nSPS) is 19.4. The zero-order valence-electron chi connectivity index (χ0n) is 15.4. The van der Waals surface area contributed by atoms with E-state index in [0.717, 1.165) is 55.5 Å². The summed E-state index contributed by atoms with van der Waals surface area (Å²) in [5, 5.41) is 4.51. The van der Waals surface area contributed by atoms with Gasteiger partial charge < -0.3 is 9.64 Å². The van der Waals surface area contributed by atoms with Crippen molar-refractivity contribution in [1.82, 2.24) is 14.7 Å². The summed E-state index contributed by atoms with van der Waals surface area (Å²) in [6.45, 7) is 3.85. The third-order valence-corrected chi connectivity index (χ3v) is 5.35.